The van der Waals surface area contributed by atoms with E-state index in [2.05, 4.69) is 4.99 Å². The molecule has 1 N–H and O–H groups in total. The van der Waals surface area contributed by atoms with Gasteiger partial charge in [-0.25, -0.2) is 4.99 Å². The number of rotatable bonds is 3. The minimum atomic E-state index is -4.98. The summed E-state index contributed by atoms with van der Waals surface area (Å²) >= 11 is 0. The molecule has 0 aromatic carbocycles. The Morgan fingerprint density at radius 2 is 1.91 bits per heavy atom. The van der Waals surface area contributed by atoms with Gasteiger partial charge in [0.15, 0.2) is 0 Å². The van der Waals surface area contributed by atoms with E-state index in [1.165, 1.54) is 20.8 Å². The van der Waals surface area contributed by atoms with E-state index in [0.717, 1.165) is 17.7 Å². The summed E-state index contributed by atoms with van der Waals surface area (Å²) < 4.78 is 40.7. The number of hydrogen-bond acceptors (Lipinski definition) is 3. The zero-order valence-electron chi connectivity index (χ0n) is 12.8. The lowest BCUT2D eigenvalue weighted by molar-refractivity contribution is -0.201. The maximum atomic E-state index is 13.6. The summed E-state index contributed by atoms with van der Waals surface area (Å²) in [7, 11) is 0. The molecule has 1 atom stereocenters. The summed E-state index contributed by atoms with van der Waals surface area (Å²) in [5, 5.41) is 1.82. The lowest BCUT2D eigenvalue weighted by Crippen LogP contribution is -2.64. The first-order chi connectivity index (χ1) is 10.1. The maximum absolute atomic E-state index is 13.6. The van der Waals surface area contributed by atoms with E-state index in [1.807, 2.05) is 5.32 Å². The number of carbonyl (C=O) groups is 2. The molecule has 1 fully saturated rings. The average molecular weight is 319 g/mol. The van der Waals surface area contributed by atoms with Crippen LogP contribution in [0.5, 0.6) is 0 Å². The van der Waals surface area contributed by atoms with Gasteiger partial charge in [0.25, 0.3) is 5.91 Å². The molecule has 1 unspecified atom stereocenters. The predicted octanol–water partition coefficient (Wildman–Crippen LogP) is 2.22. The Kier molecular flexibility index (Phi) is 4.23. The minimum Gasteiger partial charge on any atom is -0.316 e. The van der Waals surface area contributed by atoms with Gasteiger partial charge in [0.1, 0.15) is 5.84 Å². The van der Waals surface area contributed by atoms with E-state index < -0.39 is 29.6 Å². The van der Waals surface area contributed by atoms with Crippen LogP contribution in [0.15, 0.2) is 4.99 Å². The van der Waals surface area contributed by atoms with Crippen LogP contribution in [0.4, 0.5) is 13.2 Å². The van der Waals surface area contributed by atoms with Crippen LogP contribution in [0.25, 0.3) is 0 Å². The molecule has 0 radical (unpaired) electrons. The fourth-order valence-corrected chi connectivity index (χ4v) is 2.92. The van der Waals surface area contributed by atoms with Gasteiger partial charge in [-0.3, -0.25) is 14.5 Å². The van der Waals surface area contributed by atoms with Crippen LogP contribution >= 0.6 is 0 Å². The van der Waals surface area contributed by atoms with Crippen LogP contribution < -0.4 is 5.32 Å². The van der Waals surface area contributed by atoms with Gasteiger partial charge in [-0.15, -0.1) is 0 Å². The monoisotopic (exact) mass is 319 g/mol. The van der Waals surface area contributed by atoms with Crippen molar-refractivity contribution in [3.63, 3.8) is 0 Å². The number of amides is 2. The summed E-state index contributed by atoms with van der Waals surface area (Å²) in [6.07, 6.45) is -1.92. The lowest BCUT2D eigenvalue weighted by Gasteiger charge is -2.31. The molecule has 22 heavy (non-hydrogen) atoms. The van der Waals surface area contributed by atoms with Crippen molar-refractivity contribution >= 4 is 17.6 Å². The second-order valence-corrected chi connectivity index (χ2v) is 6.12. The molecule has 5 nitrogen and oxygen atoms in total. The smallest absolute Gasteiger partial charge is 0.316 e. The Labute approximate surface area is 126 Å². The molecule has 8 heteroatoms. The number of halogens is 3. The van der Waals surface area contributed by atoms with Gasteiger partial charge in [-0.1, -0.05) is 26.7 Å². The molecule has 0 saturated heterocycles. The molecule has 1 aliphatic carbocycles. The molecule has 2 amide bonds. The van der Waals surface area contributed by atoms with E-state index in [1.54, 1.807) is 0 Å². The van der Waals surface area contributed by atoms with Gasteiger partial charge in [0.2, 0.25) is 5.91 Å². The first-order valence-corrected chi connectivity index (χ1v) is 7.39. The highest BCUT2D eigenvalue weighted by molar-refractivity contribution is 6.09. The average Bonchev–Trinajstić information content (AvgIpc) is 2.96. The summed E-state index contributed by atoms with van der Waals surface area (Å²) in [6, 6.07) is -0.267. The molecule has 1 saturated carbocycles. The van der Waals surface area contributed by atoms with Crippen LogP contribution in [-0.2, 0) is 9.59 Å². The highest BCUT2D eigenvalue weighted by Crippen LogP contribution is 2.40. The fraction of sp³-hybridized carbons (Fsp3) is 0.786. The molecular formula is C14H20F3N3O2. The second kappa shape index (κ2) is 5.55. The molecule has 0 aromatic heterocycles. The third-order valence-electron chi connectivity index (χ3n) is 4.14. The largest absolute Gasteiger partial charge is 0.442 e. The van der Waals surface area contributed by atoms with Crippen molar-refractivity contribution in [1.82, 2.24) is 10.2 Å². The van der Waals surface area contributed by atoms with E-state index in [0.29, 0.717) is 12.8 Å². The van der Waals surface area contributed by atoms with Crippen molar-refractivity contribution in [2.24, 2.45) is 10.9 Å². The number of alkyl halides is 3. The minimum absolute atomic E-state index is 0.0123. The Hall–Kier alpha value is -1.60. The number of aliphatic imine (C=N–C) groups is 1. The molecule has 0 aromatic rings. The maximum Gasteiger partial charge on any atom is 0.442 e. The standard InChI is InChI=1S/C14H20F3N3O2/c1-8(2)11(21)19-13(14(15,16)17)12(22)20(9(3)18-13)10-6-4-5-7-10/h8,10H,4-7H2,1-3H3,(H,19,21). The molecule has 0 spiro atoms. The number of carbonyl (C=O) groups excluding carboxylic acids is 2. The Bertz CT molecular complexity index is 510. The molecular weight excluding hydrogens is 299 g/mol. The highest BCUT2D eigenvalue weighted by atomic mass is 19.4. The highest BCUT2D eigenvalue weighted by Gasteiger charge is 2.67. The first kappa shape index (κ1) is 16.8. The van der Waals surface area contributed by atoms with Gasteiger partial charge >= 0.3 is 11.8 Å². The second-order valence-electron chi connectivity index (χ2n) is 6.12. The normalized spacial score (nSPS) is 26.8. The van der Waals surface area contributed by atoms with Crippen molar-refractivity contribution in [3.8, 4) is 0 Å². The number of nitrogens with one attached hydrogen (secondary N) is 1. The quantitative estimate of drug-likeness (QED) is 0.867. The van der Waals surface area contributed by atoms with Crippen LogP contribution in [-0.4, -0.2) is 40.4 Å². The van der Waals surface area contributed by atoms with Crippen molar-refractivity contribution in [2.45, 2.75) is 64.3 Å². The SMILES string of the molecule is CC1=NC(NC(=O)C(C)C)(C(F)(F)F)C(=O)N1C1CCCC1. The van der Waals surface area contributed by atoms with E-state index in [9.17, 15) is 22.8 Å². The van der Waals surface area contributed by atoms with Gasteiger partial charge in [-0.05, 0) is 19.8 Å². The van der Waals surface area contributed by atoms with Crippen molar-refractivity contribution in [1.29, 1.82) is 0 Å². The molecule has 1 aliphatic heterocycles. The van der Waals surface area contributed by atoms with Gasteiger partial charge in [0.05, 0.1) is 0 Å². The third kappa shape index (κ3) is 2.59. The molecule has 1 heterocycles. The van der Waals surface area contributed by atoms with Crippen LogP contribution in [0.2, 0.25) is 0 Å². The van der Waals surface area contributed by atoms with Crippen molar-refractivity contribution < 1.29 is 22.8 Å². The zero-order chi connectivity index (χ0) is 16.7. The topological polar surface area (TPSA) is 61.8 Å². The molecule has 124 valence electrons. The zero-order valence-corrected chi connectivity index (χ0v) is 12.8. The summed E-state index contributed by atoms with van der Waals surface area (Å²) in [4.78, 5) is 29.0. The lowest BCUT2D eigenvalue weighted by atomic mass is 10.1. The fourth-order valence-electron chi connectivity index (χ4n) is 2.92. The predicted molar refractivity (Wildman–Crippen MR) is 74.0 cm³/mol. The van der Waals surface area contributed by atoms with Crippen molar-refractivity contribution in [3.05, 3.63) is 0 Å². The first-order valence-electron chi connectivity index (χ1n) is 7.39. The van der Waals surface area contributed by atoms with Gasteiger partial charge in [-0.2, -0.15) is 13.2 Å². The van der Waals surface area contributed by atoms with Gasteiger partial charge < -0.3 is 5.32 Å². The Balaban J connectivity index is 2.38. The molecule has 0 bridgehead atoms. The summed E-state index contributed by atoms with van der Waals surface area (Å²) in [5.41, 5.74) is -3.18. The van der Waals surface area contributed by atoms with E-state index in [4.69, 9.17) is 0 Å². The van der Waals surface area contributed by atoms with Crippen LogP contribution in [0.1, 0.15) is 46.5 Å². The van der Waals surface area contributed by atoms with Gasteiger partial charge in [0, 0.05) is 12.0 Å². The van der Waals surface area contributed by atoms with E-state index >= 15 is 0 Å². The molecule has 2 rings (SSSR count). The van der Waals surface area contributed by atoms with E-state index in [-0.39, 0.29) is 11.9 Å². The van der Waals surface area contributed by atoms with Crippen LogP contribution in [0.3, 0.4) is 0 Å². The Morgan fingerprint density at radius 3 is 2.36 bits per heavy atom. The Morgan fingerprint density at radius 1 is 1.36 bits per heavy atom. The third-order valence-corrected chi connectivity index (χ3v) is 4.14. The number of hydrogen-bond donors (Lipinski definition) is 1. The van der Waals surface area contributed by atoms with Crippen LogP contribution in [0, 0.1) is 5.92 Å². The summed E-state index contributed by atoms with van der Waals surface area (Å²) in [5.74, 6) is -2.71. The summed E-state index contributed by atoms with van der Waals surface area (Å²) in [6.45, 7) is 4.31. The molecule has 2 aliphatic rings. The number of nitrogens with zero attached hydrogens (tertiary/aromatic N) is 2. The number of amidine groups is 1. The van der Waals surface area contributed by atoms with Crippen molar-refractivity contribution in [2.75, 3.05) is 0 Å².